The number of rotatable bonds is 3. The van der Waals surface area contributed by atoms with Crippen LogP contribution in [0.3, 0.4) is 0 Å². The fourth-order valence-electron chi connectivity index (χ4n) is 1.68. The summed E-state index contributed by atoms with van der Waals surface area (Å²) in [4.78, 5) is 8.41. The third-order valence-corrected chi connectivity index (χ3v) is 2.57. The molecule has 0 saturated carbocycles. The second-order valence-electron chi connectivity index (χ2n) is 3.99. The van der Waals surface area contributed by atoms with Gasteiger partial charge in [-0.25, -0.2) is 14.4 Å². The molecule has 0 unspecified atom stereocenters. The van der Waals surface area contributed by atoms with Crippen LogP contribution in [-0.4, -0.2) is 17.0 Å². The summed E-state index contributed by atoms with van der Waals surface area (Å²) in [5.41, 5.74) is 1.27. The SMILES string of the molecule is CNc1cc(Nc2c(C)cccc2F)nc(C)n1. The van der Waals surface area contributed by atoms with Gasteiger partial charge in [-0.3, -0.25) is 0 Å². The zero-order valence-electron chi connectivity index (χ0n) is 10.6. The monoisotopic (exact) mass is 246 g/mol. The van der Waals surface area contributed by atoms with Crippen molar-refractivity contribution in [3.63, 3.8) is 0 Å². The lowest BCUT2D eigenvalue weighted by atomic mass is 10.2. The Morgan fingerprint density at radius 3 is 2.50 bits per heavy atom. The molecule has 0 aliphatic heterocycles. The Bertz CT molecular complexity index is 549. The Balaban J connectivity index is 2.37. The fraction of sp³-hybridized carbons (Fsp3) is 0.231. The lowest BCUT2D eigenvalue weighted by molar-refractivity contribution is 0.630. The minimum atomic E-state index is -0.294. The maximum absolute atomic E-state index is 13.7. The van der Waals surface area contributed by atoms with E-state index in [1.54, 1.807) is 26.1 Å². The first-order valence-corrected chi connectivity index (χ1v) is 5.65. The number of anilines is 3. The average Bonchev–Trinajstić information content (AvgIpc) is 2.33. The summed E-state index contributed by atoms with van der Waals surface area (Å²) in [6.07, 6.45) is 0. The zero-order valence-corrected chi connectivity index (χ0v) is 10.6. The number of para-hydroxylation sites is 1. The van der Waals surface area contributed by atoms with Crippen LogP contribution in [0.2, 0.25) is 0 Å². The second kappa shape index (κ2) is 5.00. The summed E-state index contributed by atoms with van der Waals surface area (Å²) < 4.78 is 13.7. The molecule has 4 nitrogen and oxygen atoms in total. The number of halogens is 1. The number of benzene rings is 1. The predicted octanol–water partition coefficient (Wildman–Crippen LogP) is 3.02. The molecule has 0 aliphatic carbocycles. The lowest BCUT2D eigenvalue weighted by Gasteiger charge is -2.11. The van der Waals surface area contributed by atoms with Crippen LogP contribution in [0, 0.1) is 19.7 Å². The van der Waals surface area contributed by atoms with Crippen LogP contribution < -0.4 is 10.6 Å². The van der Waals surface area contributed by atoms with Crippen molar-refractivity contribution in [3.8, 4) is 0 Å². The van der Waals surface area contributed by atoms with E-state index < -0.39 is 0 Å². The molecule has 94 valence electrons. The summed E-state index contributed by atoms with van der Waals surface area (Å²) >= 11 is 0. The third kappa shape index (κ3) is 2.56. The van der Waals surface area contributed by atoms with E-state index in [9.17, 15) is 4.39 Å². The highest BCUT2D eigenvalue weighted by atomic mass is 19.1. The Labute approximate surface area is 105 Å². The van der Waals surface area contributed by atoms with Crippen molar-refractivity contribution < 1.29 is 4.39 Å². The van der Waals surface area contributed by atoms with Gasteiger partial charge in [0.25, 0.3) is 0 Å². The predicted molar refractivity (Wildman–Crippen MR) is 70.7 cm³/mol. The highest BCUT2D eigenvalue weighted by Crippen LogP contribution is 2.23. The van der Waals surface area contributed by atoms with E-state index in [2.05, 4.69) is 20.6 Å². The Morgan fingerprint density at radius 1 is 1.11 bits per heavy atom. The average molecular weight is 246 g/mol. The highest BCUT2D eigenvalue weighted by molar-refractivity contribution is 5.62. The summed E-state index contributed by atoms with van der Waals surface area (Å²) in [5.74, 6) is 1.59. The van der Waals surface area contributed by atoms with Gasteiger partial charge in [-0.1, -0.05) is 12.1 Å². The summed E-state index contributed by atoms with van der Waals surface area (Å²) in [7, 11) is 1.78. The van der Waals surface area contributed by atoms with Crippen LogP contribution in [-0.2, 0) is 0 Å². The molecule has 18 heavy (non-hydrogen) atoms. The highest BCUT2D eigenvalue weighted by Gasteiger charge is 2.07. The quantitative estimate of drug-likeness (QED) is 0.874. The van der Waals surface area contributed by atoms with Gasteiger partial charge in [0.15, 0.2) is 0 Å². The molecule has 2 N–H and O–H groups in total. The number of nitrogens with zero attached hydrogens (tertiary/aromatic N) is 2. The van der Waals surface area contributed by atoms with E-state index in [4.69, 9.17) is 0 Å². The molecule has 0 aliphatic rings. The van der Waals surface area contributed by atoms with Gasteiger partial charge >= 0.3 is 0 Å². The van der Waals surface area contributed by atoms with E-state index in [0.717, 1.165) is 5.56 Å². The molecule has 5 heteroatoms. The molecule has 1 aromatic heterocycles. The van der Waals surface area contributed by atoms with Gasteiger partial charge in [-0.15, -0.1) is 0 Å². The van der Waals surface area contributed by atoms with Crippen molar-refractivity contribution >= 4 is 17.3 Å². The normalized spacial score (nSPS) is 10.2. The fourth-order valence-corrected chi connectivity index (χ4v) is 1.68. The van der Waals surface area contributed by atoms with Crippen LogP contribution in [0.15, 0.2) is 24.3 Å². The van der Waals surface area contributed by atoms with Crippen molar-refractivity contribution in [2.75, 3.05) is 17.7 Å². The van der Waals surface area contributed by atoms with Crippen LogP contribution in [0.5, 0.6) is 0 Å². The molecule has 1 heterocycles. The van der Waals surface area contributed by atoms with Crippen molar-refractivity contribution in [1.29, 1.82) is 0 Å². The number of hydrogen-bond acceptors (Lipinski definition) is 4. The number of aryl methyl sites for hydroxylation is 2. The van der Waals surface area contributed by atoms with Crippen molar-refractivity contribution in [2.45, 2.75) is 13.8 Å². The zero-order chi connectivity index (χ0) is 13.1. The van der Waals surface area contributed by atoms with Crippen molar-refractivity contribution in [1.82, 2.24) is 9.97 Å². The summed E-state index contributed by atoms with van der Waals surface area (Å²) in [6, 6.07) is 6.68. The topological polar surface area (TPSA) is 49.8 Å². The van der Waals surface area contributed by atoms with Gasteiger partial charge in [-0.05, 0) is 25.5 Å². The van der Waals surface area contributed by atoms with Crippen LogP contribution in [0.25, 0.3) is 0 Å². The summed E-state index contributed by atoms with van der Waals surface area (Å²) in [6.45, 7) is 3.64. The minimum absolute atomic E-state index is 0.294. The van der Waals surface area contributed by atoms with Gasteiger partial charge in [0.05, 0.1) is 5.69 Å². The van der Waals surface area contributed by atoms with E-state index in [1.165, 1.54) is 6.07 Å². The van der Waals surface area contributed by atoms with Gasteiger partial charge in [0.1, 0.15) is 23.3 Å². The molecule has 0 amide bonds. The number of nitrogens with one attached hydrogen (secondary N) is 2. The Morgan fingerprint density at radius 2 is 1.83 bits per heavy atom. The van der Waals surface area contributed by atoms with Crippen molar-refractivity contribution in [3.05, 3.63) is 41.5 Å². The maximum Gasteiger partial charge on any atom is 0.146 e. The van der Waals surface area contributed by atoms with E-state index in [-0.39, 0.29) is 5.82 Å². The lowest BCUT2D eigenvalue weighted by Crippen LogP contribution is -2.03. The molecule has 0 atom stereocenters. The smallest absolute Gasteiger partial charge is 0.146 e. The first-order valence-electron chi connectivity index (χ1n) is 5.65. The Kier molecular flexibility index (Phi) is 3.41. The van der Waals surface area contributed by atoms with Crippen LogP contribution in [0.1, 0.15) is 11.4 Å². The molecule has 0 radical (unpaired) electrons. The molecule has 0 saturated heterocycles. The van der Waals surface area contributed by atoms with Gasteiger partial charge < -0.3 is 10.6 Å². The molecule has 0 fully saturated rings. The van der Waals surface area contributed by atoms with Gasteiger partial charge in [0, 0.05) is 13.1 Å². The van der Waals surface area contributed by atoms with Gasteiger partial charge in [-0.2, -0.15) is 0 Å². The van der Waals surface area contributed by atoms with E-state index >= 15 is 0 Å². The molecule has 0 bridgehead atoms. The van der Waals surface area contributed by atoms with Crippen LogP contribution in [0.4, 0.5) is 21.7 Å². The minimum Gasteiger partial charge on any atom is -0.373 e. The second-order valence-corrected chi connectivity index (χ2v) is 3.99. The first-order chi connectivity index (χ1) is 8.60. The third-order valence-electron chi connectivity index (χ3n) is 2.57. The van der Waals surface area contributed by atoms with E-state index in [1.807, 2.05) is 13.0 Å². The first kappa shape index (κ1) is 12.3. The molecular formula is C13H15FN4. The Hall–Kier alpha value is -2.17. The largest absolute Gasteiger partial charge is 0.373 e. The maximum atomic E-state index is 13.7. The molecule has 2 rings (SSSR count). The number of hydrogen-bond donors (Lipinski definition) is 2. The van der Waals surface area contributed by atoms with E-state index in [0.29, 0.717) is 23.1 Å². The molecular weight excluding hydrogens is 231 g/mol. The van der Waals surface area contributed by atoms with Crippen molar-refractivity contribution in [2.24, 2.45) is 0 Å². The molecule has 0 spiro atoms. The number of aromatic nitrogens is 2. The van der Waals surface area contributed by atoms with Crippen LogP contribution >= 0.6 is 0 Å². The molecule has 1 aromatic carbocycles. The summed E-state index contributed by atoms with van der Waals surface area (Å²) in [5, 5.41) is 5.93. The molecule has 2 aromatic rings. The van der Waals surface area contributed by atoms with Gasteiger partial charge in [0.2, 0.25) is 0 Å². The standard InChI is InChI=1S/C13H15FN4/c1-8-5-4-6-10(14)13(8)18-12-7-11(15-3)16-9(2)17-12/h4-7H,1-3H3,(H2,15,16,17,18).